The summed E-state index contributed by atoms with van der Waals surface area (Å²) in [6.45, 7) is 16.1. The van der Waals surface area contributed by atoms with Crippen LogP contribution < -0.4 is 0 Å². The van der Waals surface area contributed by atoms with Gasteiger partial charge in [0.25, 0.3) is 0 Å². The summed E-state index contributed by atoms with van der Waals surface area (Å²) in [6.07, 6.45) is 27.1. The topological polar surface area (TPSA) is 9.23 Å². The molecule has 3 fully saturated rings. The van der Waals surface area contributed by atoms with Crippen molar-refractivity contribution in [3.05, 3.63) is 11.6 Å². The number of fused-ring (bicyclic) bond motifs is 5. The summed E-state index contributed by atoms with van der Waals surface area (Å²) in [6, 6.07) is 0. The minimum atomic E-state index is 0.459. The lowest BCUT2D eigenvalue weighted by Crippen LogP contribution is -2.51. The molecule has 0 aliphatic heterocycles. The van der Waals surface area contributed by atoms with E-state index in [4.69, 9.17) is 4.74 Å². The monoisotopic (exact) mass is 558 g/mol. The summed E-state index contributed by atoms with van der Waals surface area (Å²) in [5.41, 5.74) is 2.86. The number of hydrogen-bond acceptors (Lipinski definition) is 2. The van der Waals surface area contributed by atoms with E-state index in [-0.39, 0.29) is 0 Å². The number of ether oxygens (including phenoxy) is 1. The van der Waals surface area contributed by atoms with Crippen LogP contribution in [0.1, 0.15) is 151 Å². The second-order valence-electron chi connectivity index (χ2n) is 15.3. The Hall–Kier alpha value is 0.0500. The molecule has 0 radical (unpaired) electrons. The van der Waals surface area contributed by atoms with E-state index >= 15 is 0 Å². The molecule has 0 aromatic carbocycles. The molecule has 0 N–H and O–H groups in total. The van der Waals surface area contributed by atoms with Gasteiger partial charge in [-0.25, -0.2) is 0 Å². The van der Waals surface area contributed by atoms with E-state index in [0.717, 1.165) is 42.1 Å². The molecule has 0 aromatic rings. The number of hydrogen-bond donors (Lipinski definition) is 0. The molecule has 0 aromatic heterocycles. The smallest absolute Gasteiger partial charge is 0.0612 e. The summed E-state index contributed by atoms with van der Waals surface area (Å²) in [7, 11) is 0. The van der Waals surface area contributed by atoms with Gasteiger partial charge < -0.3 is 4.74 Å². The highest BCUT2D eigenvalue weighted by atomic mass is 32.2. The van der Waals surface area contributed by atoms with Crippen molar-refractivity contribution in [3.8, 4) is 0 Å². The van der Waals surface area contributed by atoms with E-state index in [1.54, 1.807) is 5.57 Å². The Morgan fingerprint density at radius 3 is 2.41 bits per heavy atom. The van der Waals surface area contributed by atoms with Crippen molar-refractivity contribution >= 4 is 11.8 Å². The molecule has 0 amide bonds. The van der Waals surface area contributed by atoms with E-state index in [2.05, 4.69) is 59.4 Å². The second kappa shape index (κ2) is 15.0. The third-order valence-electron chi connectivity index (χ3n) is 12.5. The highest BCUT2D eigenvalue weighted by Crippen LogP contribution is 2.67. The first kappa shape index (κ1) is 32.0. The molecule has 4 rings (SSSR count). The average molecular weight is 559 g/mol. The second-order valence-corrected chi connectivity index (χ2v) is 16.7. The lowest BCUT2D eigenvalue weighted by molar-refractivity contribution is -0.0641. The van der Waals surface area contributed by atoms with Crippen molar-refractivity contribution in [2.45, 2.75) is 157 Å². The third-order valence-corrected chi connectivity index (χ3v) is 13.5. The van der Waals surface area contributed by atoms with Gasteiger partial charge >= 0.3 is 0 Å². The number of unbranched alkanes of at least 4 members (excludes halogenated alkanes) is 5. The molecule has 0 heterocycles. The van der Waals surface area contributed by atoms with E-state index in [9.17, 15) is 0 Å². The fourth-order valence-electron chi connectivity index (χ4n) is 10.2. The van der Waals surface area contributed by atoms with Crippen LogP contribution in [0.4, 0.5) is 0 Å². The van der Waals surface area contributed by atoms with Crippen LogP contribution in [0.5, 0.6) is 0 Å². The fraction of sp³-hybridized carbons (Fsp3) is 0.946. The van der Waals surface area contributed by atoms with Gasteiger partial charge in [-0.3, -0.25) is 0 Å². The molecule has 1 nitrogen and oxygen atoms in total. The van der Waals surface area contributed by atoms with E-state index in [1.165, 1.54) is 121 Å². The summed E-state index contributed by atoms with van der Waals surface area (Å²) in [4.78, 5) is 0. The van der Waals surface area contributed by atoms with E-state index in [1.807, 2.05) is 0 Å². The van der Waals surface area contributed by atoms with Crippen molar-refractivity contribution in [2.75, 3.05) is 18.1 Å². The Morgan fingerprint density at radius 2 is 1.64 bits per heavy atom. The summed E-state index contributed by atoms with van der Waals surface area (Å²) < 4.78 is 6.50. The van der Waals surface area contributed by atoms with Gasteiger partial charge in [-0.05, 0) is 122 Å². The minimum absolute atomic E-state index is 0.459. The van der Waals surface area contributed by atoms with Crippen LogP contribution >= 0.6 is 11.8 Å². The Morgan fingerprint density at radius 1 is 0.872 bits per heavy atom. The van der Waals surface area contributed by atoms with Gasteiger partial charge in [0, 0.05) is 6.61 Å². The number of rotatable bonds is 16. The van der Waals surface area contributed by atoms with Crippen LogP contribution in [0, 0.1) is 46.3 Å². The first-order chi connectivity index (χ1) is 18.8. The zero-order valence-electron chi connectivity index (χ0n) is 27.1. The molecule has 8 atom stereocenters. The van der Waals surface area contributed by atoms with Crippen molar-refractivity contribution in [1.82, 2.24) is 0 Å². The molecule has 0 saturated heterocycles. The van der Waals surface area contributed by atoms with Gasteiger partial charge in [0.15, 0.2) is 0 Å². The SMILES string of the molecule is CCSCCCCCCCCO[C@H]1CCC2(C)C(=CCC3C2CCC2(C)C(C(C)CCCC(C)C)CCC32)C1. The maximum absolute atomic E-state index is 6.50. The zero-order chi connectivity index (χ0) is 27.9. The molecule has 226 valence electrons. The molecule has 3 saturated carbocycles. The molecule has 2 heteroatoms. The van der Waals surface area contributed by atoms with Gasteiger partial charge in [-0.1, -0.05) is 98.1 Å². The van der Waals surface area contributed by atoms with Crippen LogP contribution in [-0.4, -0.2) is 24.2 Å². The normalized spacial score (nSPS) is 36.8. The maximum Gasteiger partial charge on any atom is 0.0612 e. The van der Waals surface area contributed by atoms with Gasteiger partial charge in [-0.15, -0.1) is 0 Å². The molecular formula is C37H66OS. The van der Waals surface area contributed by atoms with E-state index < -0.39 is 0 Å². The lowest BCUT2D eigenvalue weighted by Gasteiger charge is -2.58. The van der Waals surface area contributed by atoms with Gasteiger partial charge in [0.2, 0.25) is 0 Å². The average Bonchev–Trinajstić information content (AvgIpc) is 3.27. The first-order valence-electron chi connectivity index (χ1n) is 17.7. The van der Waals surface area contributed by atoms with Gasteiger partial charge in [-0.2, -0.15) is 11.8 Å². The quantitative estimate of drug-likeness (QED) is 0.138. The Kier molecular flexibility index (Phi) is 12.3. The summed E-state index contributed by atoms with van der Waals surface area (Å²) in [5, 5.41) is 0. The minimum Gasteiger partial charge on any atom is -0.378 e. The van der Waals surface area contributed by atoms with Crippen LogP contribution in [0.15, 0.2) is 11.6 Å². The Labute approximate surface area is 248 Å². The molecule has 7 unspecified atom stereocenters. The standard InChI is InChI=1S/C37H66OS/c1-7-39-26-13-11-9-8-10-12-25-38-31-21-23-36(5)30(27-31)17-18-32-34-20-19-33(29(4)16-14-15-28(2)3)37(34,6)24-22-35(32)36/h17,28-29,31-35H,7-16,18-27H2,1-6H3/t29?,31-,32?,33?,34?,35?,36?,37?/m0/s1. The zero-order valence-corrected chi connectivity index (χ0v) is 27.9. The Bertz CT molecular complexity index is 759. The lowest BCUT2D eigenvalue weighted by atomic mass is 9.47. The molecule has 4 aliphatic carbocycles. The fourth-order valence-corrected chi connectivity index (χ4v) is 10.9. The van der Waals surface area contributed by atoms with Crippen molar-refractivity contribution in [2.24, 2.45) is 46.3 Å². The molecule has 0 spiro atoms. The Balaban J connectivity index is 1.23. The van der Waals surface area contributed by atoms with E-state index in [0.29, 0.717) is 16.9 Å². The molecule has 39 heavy (non-hydrogen) atoms. The molecule has 0 bridgehead atoms. The number of thioether (sulfide) groups is 1. The van der Waals surface area contributed by atoms with Crippen molar-refractivity contribution in [1.29, 1.82) is 0 Å². The largest absolute Gasteiger partial charge is 0.378 e. The first-order valence-corrected chi connectivity index (χ1v) is 18.8. The predicted molar refractivity (Wildman–Crippen MR) is 173 cm³/mol. The summed E-state index contributed by atoms with van der Waals surface area (Å²) in [5.74, 6) is 8.23. The predicted octanol–water partition coefficient (Wildman–Crippen LogP) is 11.5. The van der Waals surface area contributed by atoms with Crippen LogP contribution in [-0.2, 0) is 4.74 Å². The highest BCUT2D eigenvalue weighted by molar-refractivity contribution is 7.99. The van der Waals surface area contributed by atoms with Crippen LogP contribution in [0.2, 0.25) is 0 Å². The molecule has 4 aliphatic rings. The van der Waals surface area contributed by atoms with Crippen LogP contribution in [0.3, 0.4) is 0 Å². The third kappa shape index (κ3) is 7.72. The van der Waals surface area contributed by atoms with Gasteiger partial charge in [0.05, 0.1) is 6.10 Å². The number of allylic oxidation sites excluding steroid dienone is 1. The van der Waals surface area contributed by atoms with Gasteiger partial charge in [0.1, 0.15) is 0 Å². The van der Waals surface area contributed by atoms with Crippen molar-refractivity contribution in [3.63, 3.8) is 0 Å². The highest BCUT2D eigenvalue weighted by Gasteiger charge is 2.59. The van der Waals surface area contributed by atoms with Crippen molar-refractivity contribution < 1.29 is 4.74 Å². The maximum atomic E-state index is 6.50. The van der Waals surface area contributed by atoms with Crippen LogP contribution in [0.25, 0.3) is 0 Å². The summed E-state index contributed by atoms with van der Waals surface area (Å²) >= 11 is 2.09. The molecular weight excluding hydrogens is 492 g/mol.